The molecule has 0 aliphatic rings. The van der Waals surface area contributed by atoms with Gasteiger partial charge in [-0.25, -0.2) is 18.0 Å². The van der Waals surface area contributed by atoms with Crippen LogP contribution in [0.5, 0.6) is 5.75 Å². The molecule has 0 bridgehead atoms. The lowest BCUT2D eigenvalue weighted by Gasteiger charge is -2.20. The van der Waals surface area contributed by atoms with E-state index in [0.717, 1.165) is 21.3 Å². The average Bonchev–Trinajstić information content (AvgIpc) is 3.37. The number of benzene rings is 2. The summed E-state index contributed by atoms with van der Waals surface area (Å²) in [5.74, 6) is -2.35. The zero-order chi connectivity index (χ0) is 25.3. The maximum absolute atomic E-state index is 15.2. The summed E-state index contributed by atoms with van der Waals surface area (Å²) < 4.78 is 56.2. The lowest BCUT2D eigenvalue weighted by Crippen LogP contribution is -2.44. The highest BCUT2D eigenvalue weighted by molar-refractivity contribution is 5.67. The van der Waals surface area contributed by atoms with Crippen LogP contribution in [-0.2, 0) is 13.1 Å². The predicted molar refractivity (Wildman–Crippen MR) is 123 cm³/mol. The van der Waals surface area contributed by atoms with Crippen molar-refractivity contribution >= 4 is 0 Å². The molecule has 2 aromatic carbocycles. The summed E-state index contributed by atoms with van der Waals surface area (Å²) in [5.41, 5.74) is 3.83. The van der Waals surface area contributed by atoms with E-state index < -0.39 is 41.3 Å². The van der Waals surface area contributed by atoms with Gasteiger partial charge in [0.2, 0.25) is 0 Å². The van der Waals surface area contributed by atoms with E-state index in [2.05, 4.69) is 0 Å². The van der Waals surface area contributed by atoms with Crippen molar-refractivity contribution in [1.82, 2.24) is 9.13 Å². The smallest absolute Gasteiger partial charge is 0.331 e. The Labute approximate surface area is 197 Å². The molecular formula is C25H22F3N3O4. The van der Waals surface area contributed by atoms with Crippen molar-refractivity contribution in [3.8, 4) is 16.9 Å². The van der Waals surface area contributed by atoms with Crippen LogP contribution in [0.4, 0.5) is 13.2 Å². The molecule has 4 aromatic rings. The van der Waals surface area contributed by atoms with E-state index in [4.69, 9.17) is 14.9 Å². The SMILES string of the molecule is COc1cccc(-c2c(C)n(Cc3c(F)cccc3F)c(=O)n(C[C@@H](N)c3ccco3)c2=O)c1F. The molecule has 0 radical (unpaired) electrons. The van der Waals surface area contributed by atoms with E-state index in [9.17, 15) is 18.4 Å². The molecule has 0 fully saturated rings. The first-order chi connectivity index (χ1) is 16.7. The number of methoxy groups -OCH3 is 1. The Hall–Kier alpha value is -4.05. The molecule has 0 spiro atoms. The fourth-order valence-corrected chi connectivity index (χ4v) is 3.95. The van der Waals surface area contributed by atoms with Crippen LogP contribution in [0.1, 0.15) is 23.1 Å². The van der Waals surface area contributed by atoms with E-state index >= 15 is 4.39 Å². The van der Waals surface area contributed by atoms with Crippen LogP contribution in [0.3, 0.4) is 0 Å². The Morgan fingerprint density at radius 2 is 1.69 bits per heavy atom. The highest BCUT2D eigenvalue weighted by Gasteiger charge is 2.24. The summed E-state index contributed by atoms with van der Waals surface area (Å²) in [4.78, 5) is 26.9. The summed E-state index contributed by atoms with van der Waals surface area (Å²) >= 11 is 0. The van der Waals surface area contributed by atoms with Crippen molar-refractivity contribution in [2.75, 3.05) is 7.11 Å². The Kier molecular flexibility index (Phi) is 6.65. The fraction of sp³-hybridized carbons (Fsp3) is 0.200. The molecule has 0 saturated heterocycles. The molecule has 0 saturated carbocycles. The van der Waals surface area contributed by atoms with E-state index in [1.54, 1.807) is 12.1 Å². The van der Waals surface area contributed by atoms with Crippen molar-refractivity contribution in [2.45, 2.75) is 26.1 Å². The maximum Gasteiger partial charge on any atom is 0.331 e. The van der Waals surface area contributed by atoms with Crippen LogP contribution < -0.4 is 21.7 Å². The van der Waals surface area contributed by atoms with Gasteiger partial charge >= 0.3 is 5.69 Å². The van der Waals surface area contributed by atoms with Crippen molar-refractivity contribution < 1.29 is 22.3 Å². The van der Waals surface area contributed by atoms with Gasteiger partial charge in [0, 0.05) is 16.8 Å². The monoisotopic (exact) mass is 485 g/mol. The Balaban J connectivity index is 1.98. The molecule has 2 N–H and O–H groups in total. The van der Waals surface area contributed by atoms with E-state index in [1.807, 2.05) is 0 Å². The molecule has 2 aromatic heterocycles. The summed E-state index contributed by atoms with van der Waals surface area (Å²) in [6, 6.07) is 9.84. The van der Waals surface area contributed by atoms with Gasteiger partial charge in [-0.05, 0) is 37.3 Å². The third-order valence-corrected chi connectivity index (χ3v) is 5.81. The summed E-state index contributed by atoms with van der Waals surface area (Å²) in [6.07, 6.45) is 1.39. The third-order valence-electron chi connectivity index (χ3n) is 5.81. The number of rotatable bonds is 7. The molecule has 182 valence electrons. The number of hydrogen-bond donors (Lipinski definition) is 1. The Bertz CT molecular complexity index is 1470. The van der Waals surface area contributed by atoms with Gasteiger partial charge in [-0.15, -0.1) is 0 Å². The van der Waals surface area contributed by atoms with Crippen LogP contribution in [0.15, 0.2) is 68.8 Å². The summed E-state index contributed by atoms with van der Waals surface area (Å²) in [5, 5.41) is 0. The predicted octanol–water partition coefficient (Wildman–Crippen LogP) is 3.75. The van der Waals surface area contributed by atoms with Gasteiger partial charge in [0.15, 0.2) is 11.6 Å². The number of hydrogen-bond acceptors (Lipinski definition) is 5. The first kappa shape index (κ1) is 24.1. The van der Waals surface area contributed by atoms with Crippen molar-refractivity contribution in [2.24, 2.45) is 5.73 Å². The van der Waals surface area contributed by atoms with Crippen LogP contribution in [0.2, 0.25) is 0 Å². The molecule has 1 atom stereocenters. The fourth-order valence-electron chi connectivity index (χ4n) is 3.95. The van der Waals surface area contributed by atoms with Crippen LogP contribution in [-0.4, -0.2) is 16.2 Å². The number of halogens is 3. The van der Waals surface area contributed by atoms with Gasteiger partial charge in [0.1, 0.15) is 17.4 Å². The summed E-state index contributed by atoms with van der Waals surface area (Å²) in [7, 11) is 1.28. The van der Waals surface area contributed by atoms with Gasteiger partial charge in [0.25, 0.3) is 5.56 Å². The van der Waals surface area contributed by atoms with Crippen molar-refractivity contribution in [3.63, 3.8) is 0 Å². The highest BCUT2D eigenvalue weighted by Crippen LogP contribution is 2.29. The Morgan fingerprint density at radius 3 is 2.31 bits per heavy atom. The number of nitrogens with zero attached hydrogens (tertiary/aromatic N) is 2. The molecule has 10 heteroatoms. The maximum atomic E-state index is 15.2. The normalized spacial score (nSPS) is 12.1. The zero-order valence-corrected chi connectivity index (χ0v) is 18.9. The van der Waals surface area contributed by atoms with E-state index in [-0.39, 0.29) is 34.7 Å². The second kappa shape index (κ2) is 9.67. The molecule has 35 heavy (non-hydrogen) atoms. The Morgan fingerprint density at radius 1 is 1.00 bits per heavy atom. The minimum atomic E-state index is -0.889. The average molecular weight is 485 g/mol. The molecule has 0 aliphatic heterocycles. The number of ether oxygens (including phenoxy) is 1. The van der Waals surface area contributed by atoms with E-state index in [0.29, 0.717) is 5.76 Å². The zero-order valence-electron chi connectivity index (χ0n) is 18.9. The van der Waals surface area contributed by atoms with Crippen LogP contribution in [0, 0.1) is 24.4 Å². The second-order valence-electron chi connectivity index (χ2n) is 7.89. The molecule has 0 aliphatic carbocycles. The van der Waals surface area contributed by atoms with Crippen LogP contribution in [0.25, 0.3) is 11.1 Å². The van der Waals surface area contributed by atoms with E-state index in [1.165, 1.54) is 44.6 Å². The number of aromatic nitrogens is 2. The first-order valence-corrected chi connectivity index (χ1v) is 10.6. The van der Waals surface area contributed by atoms with Crippen LogP contribution >= 0.6 is 0 Å². The minimum Gasteiger partial charge on any atom is -0.494 e. The first-order valence-electron chi connectivity index (χ1n) is 10.6. The molecule has 4 rings (SSSR count). The van der Waals surface area contributed by atoms with Gasteiger partial charge < -0.3 is 14.9 Å². The quantitative estimate of drug-likeness (QED) is 0.431. The highest BCUT2D eigenvalue weighted by atomic mass is 19.1. The lowest BCUT2D eigenvalue weighted by atomic mass is 10.0. The number of nitrogens with two attached hydrogens (primary N) is 1. The number of furan rings is 1. The second-order valence-corrected chi connectivity index (χ2v) is 7.89. The standard InChI is InChI=1S/C25H22F3N3O4/c1-14-22(15-6-3-9-21(34-2)23(15)28)24(32)31(13-19(29)20-10-5-11-35-20)25(33)30(14)12-16-17(26)7-4-8-18(16)27/h3-11,19H,12-13,29H2,1-2H3/t19-/m1/s1. The molecule has 7 nitrogen and oxygen atoms in total. The molecule has 0 amide bonds. The van der Waals surface area contributed by atoms with Gasteiger partial charge in [0.05, 0.1) is 38.1 Å². The van der Waals surface area contributed by atoms with Gasteiger partial charge in [-0.3, -0.25) is 13.9 Å². The molecule has 0 unspecified atom stereocenters. The van der Waals surface area contributed by atoms with Crippen molar-refractivity contribution in [3.05, 3.63) is 110 Å². The van der Waals surface area contributed by atoms with Gasteiger partial charge in [-0.2, -0.15) is 0 Å². The minimum absolute atomic E-state index is 0.0256. The summed E-state index contributed by atoms with van der Waals surface area (Å²) in [6.45, 7) is 0.564. The van der Waals surface area contributed by atoms with Gasteiger partial charge in [-0.1, -0.05) is 18.2 Å². The third kappa shape index (κ3) is 4.40. The molecular weight excluding hydrogens is 463 g/mol. The molecule has 2 heterocycles. The van der Waals surface area contributed by atoms with Crippen molar-refractivity contribution in [1.29, 1.82) is 0 Å². The lowest BCUT2D eigenvalue weighted by molar-refractivity contribution is 0.387. The topological polar surface area (TPSA) is 92.4 Å². The largest absolute Gasteiger partial charge is 0.494 e.